The van der Waals surface area contributed by atoms with Crippen LogP contribution >= 0.6 is 15.6 Å². The molecule has 2 heterocycles. The highest BCUT2D eigenvalue weighted by Gasteiger charge is 2.42. The number of rotatable bonds is 9. The Morgan fingerprint density at radius 2 is 1.91 bits per heavy atom. The maximum Gasteiger partial charge on any atom is 0.481 e. The fourth-order valence-corrected chi connectivity index (χ4v) is 5.48. The van der Waals surface area contributed by atoms with Crippen LogP contribution in [0, 0.1) is 18.3 Å². The molecule has 0 spiro atoms. The van der Waals surface area contributed by atoms with E-state index in [1.807, 2.05) is 31.2 Å². The van der Waals surface area contributed by atoms with Crippen LogP contribution in [0.15, 0.2) is 41.3 Å². The molecular weight excluding hydrogens is 490 g/mol. The highest BCUT2D eigenvalue weighted by Crippen LogP contribution is 2.57. The van der Waals surface area contributed by atoms with E-state index in [1.165, 1.54) is 21.4 Å². The Morgan fingerprint density at radius 3 is 2.56 bits per heavy atom. The first-order valence-corrected chi connectivity index (χ1v) is 13.4. The van der Waals surface area contributed by atoms with E-state index in [4.69, 9.17) is 15.2 Å². The molecule has 1 unspecified atom stereocenters. The van der Waals surface area contributed by atoms with E-state index in [1.54, 1.807) is 6.92 Å². The Hall–Kier alpha value is -1.92. The number of aliphatic hydroxyl groups excluding tert-OH is 1. The third-order valence-electron chi connectivity index (χ3n) is 5.66. The molecule has 6 N–H and O–H groups in total. The average molecular weight is 518 g/mol. The molecule has 13 nitrogen and oxygen atoms in total. The Kier molecular flexibility index (Phi) is 8.14. The zero-order valence-corrected chi connectivity index (χ0v) is 20.3. The minimum Gasteiger partial charge on any atom is -0.389 e. The van der Waals surface area contributed by atoms with Crippen LogP contribution in [0.2, 0.25) is 0 Å². The number of aryl methyl sites for hydroxylation is 2. The highest BCUT2D eigenvalue weighted by atomic mass is 31.3. The van der Waals surface area contributed by atoms with Crippen LogP contribution in [0.5, 0.6) is 0 Å². The topological polar surface area (TPSA) is 196 Å². The van der Waals surface area contributed by atoms with Crippen LogP contribution in [-0.4, -0.2) is 47.7 Å². The smallest absolute Gasteiger partial charge is 0.389 e. The summed E-state index contributed by atoms with van der Waals surface area (Å²) in [6.07, 6.45) is -0.0246. The van der Waals surface area contributed by atoms with Crippen LogP contribution < -0.4 is 16.5 Å². The van der Waals surface area contributed by atoms with Gasteiger partial charge in [0.05, 0.1) is 12.7 Å². The second-order valence-electron chi connectivity index (χ2n) is 8.18. The molecule has 2 aromatic rings. The number of aliphatic hydroxyl groups is 1. The van der Waals surface area contributed by atoms with Gasteiger partial charge in [-0.3, -0.25) is 24.6 Å². The molecule has 0 radical (unpaired) electrons. The lowest BCUT2D eigenvalue weighted by atomic mass is 10.0. The molecule has 15 heteroatoms. The third kappa shape index (κ3) is 6.60. The predicted octanol–water partition coefficient (Wildman–Crippen LogP) is 0.374. The molecule has 188 valence electrons. The fourth-order valence-electron chi connectivity index (χ4n) is 3.87. The molecule has 1 aromatic carbocycles. The van der Waals surface area contributed by atoms with E-state index in [0.717, 1.165) is 11.1 Å². The predicted molar refractivity (Wildman–Crippen MR) is 119 cm³/mol. The molecule has 0 amide bonds. The fraction of sp³-hybridized carbons (Fsp3) is 0.474. The summed E-state index contributed by atoms with van der Waals surface area (Å²) in [5, 5.41) is 22.2. The van der Waals surface area contributed by atoms with Crippen molar-refractivity contribution in [2.24, 2.45) is 5.92 Å². The normalized spacial score (nSPS) is 24.8. The number of aromatic nitrogens is 2. The first-order valence-electron chi connectivity index (χ1n) is 10.4. The first-order chi connectivity index (χ1) is 15.8. The summed E-state index contributed by atoms with van der Waals surface area (Å²) in [6, 6.07) is 8.37. The number of hydrogen-bond acceptors (Lipinski definition) is 8. The Bertz CT molecular complexity index is 1240. The zero-order valence-electron chi connectivity index (χ0n) is 18.5. The number of phosphoric acid groups is 2. The molecule has 1 saturated heterocycles. The van der Waals surface area contributed by atoms with Gasteiger partial charge in [0.1, 0.15) is 6.17 Å². The van der Waals surface area contributed by atoms with Gasteiger partial charge in [-0.1, -0.05) is 36.8 Å². The molecular formula is C19H28N4O9P2. The lowest BCUT2D eigenvalue weighted by Crippen LogP contribution is -2.45. The number of hydrogen-bond donors (Lipinski definition) is 6. The number of phosphoric ester groups is 1. The van der Waals surface area contributed by atoms with E-state index in [-0.39, 0.29) is 17.7 Å². The molecule has 0 bridgehead atoms. The van der Waals surface area contributed by atoms with Crippen LogP contribution in [0.25, 0.3) is 0 Å². The average Bonchev–Trinajstić information content (AvgIpc) is 2.99. The van der Waals surface area contributed by atoms with Crippen molar-refractivity contribution in [3.05, 3.63) is 63.6 Å². The van der Waals surface area contributed by atoms with Gasteiger partial charge in [0, 0.05) is 30.8 Å². The molecule has 0 aliphatic carbocycles. The van der Waals surface area contributed by atoms with E-state index < -0.39 is 46.5 Å². The number of nitrogens with one attached hydrogen (secondary N) is 2. The minimum absolute atomic E-state index is 0.150. The van der Waals surface area contributed by atoms with Crippen molar-refractivity contribution in [1.29, 1.82) is 5.41 Å². The van der Waals surface area contributed by atoms with E-state index in [2.05, 4.69) is 14.2 Å². The molecule has 1 aliphatic rings. The summed E-state index contributed by atoms with van der Waals surface area (Å²) in [5.41, 5.74) is 1.57. The summed E-state index contributed by atoms with van der Waals surface area (Å²) in [6.45, 7) is 3.34. The number of nitrogens with zero attached hydrogens (tertiary/aromatic N) is 2. The van der Waals surface area contributed by atoms with Crippen molar-refractivity contribution in [3.8, 4) is 0 Å². The van der Waals surface area contributed by atoms with Crippen molar-refractivity contribution >= 4 is 15.6 Å². The van der Waals surface area contributed by atoms with E-state index >= 15 is 0 Å². The second kappa shape index (κ2) is 10.4. The maximum atomic E-state index is 12.4. The molecule has 34 heavy (non-hydrogen) atoms. The van der Waals surface area contributed by atoms with Gasteiger partial charge in [0.15, 0.2) is 0 Å². The van der Waals surface area contributed by atoms with Crippen LogP contribution in [0.4, 0.5) is 0 Å². The summed E-state index contributed by atoms with van der Waals surface area (Å²) < 4.78 is 33.6. The molecule has 0 saturated carbocycles. The monoisotopic (exact) mass is 518 g/mol. The minimum atomic E-state index is -5.25. The van der Waals surface area contributed by atoms with Crippen LogP contribution in [0.1, 0.15) is 24.2 Å². The van der Waals surface area contributed by atoms with Crippen LogP contribution in [0.3, 0.4) is 0 Å². The van der Waals surface area contributed by atoms with Gasteiger partial charge in [-0.2, -0.15) is 4.31 Å². The Morgan fingerprint density at radius 1 is 1.21 bits per heavy atom. The Labute approximate surface area is 195 Å². The SMILES string of the molecule is Cc1cccc(CCn2c(=O)ccn([C@@H]3N[C@H](COP(=O)(O)OP(=O)(O)O)[C@H](C)[C@@H]3O)c2=N)c1. The maximum absolute atomic E-state index is 12.4. The molecule has 3 rings (SSSR count). The van der Waals surface area contributed by atoms with Gasteiger partial charge in [0.25, 0.3) is 5.56 Å². The van der Waals surface area contributed by atoms with Crippen molar-refractivity contribution in [2.45, 2.75) is 45.1 Å². The van der Waals surface area contributed by atoms with Gasteiger partial charge in [-0.25, -0.2) is 9.13 Å². The summed E-state index contributed by atoms with van der Waals surface area (Å²) >= 11 is 0. The molecule has 1 aromatic heterocycles. The molecule has 1 aliphatic heterocycles. The largest absolute Gasteiger partial charge is 0.481 e. The summed E-state index contributed by atoms with van der Waals surface area (Å²) in [7, 11) is -10.3. The number of benzene rings is 1. The van der Waals surface area contributed by atoms with E-state index in [9.17, 15) is 23.9 Å². The van der Waals surface area contributed by atoms with Gasteiger partial charge in [-0.15, -0.1) is 0 Å². The van der Waals surface area contributed by atoms with Crippen molar-refractivity contribution < 1.29 is 37.8 Å². The summed E-state index contributed by atoms with van der Waals surface area (Å²) in [5.74, 6) is -0.542. The quantitative estimate of drug-likeness (QED) is 0.252. The van der Waals surface area contributed by atoms with Crippen molar-refractivity contribution in [1.82, 2.24) is 14.5 Å². The van der Waals surface area contributed by atoms with Gasteiger partial charge in [0.2, 0.25) is 5.62 Å². The lowest BCUT2D eigenvalue weighted by Gasteiger charge is -2.21. The van der Waals surface area contributed by atoms with Gasteiger partial charge in [-0.05, 0) is 18.9 Å². The second-order valence-corrected chi connectivity index (χ2v) is 11.0. The zero-order chi connectivity index (χ0) is 25.3. The third-order valence-corrected chi connectivity index (χ3v) is 7.81. The van der Waals surface area contributed by atoms with Crippen molar-refractivity contribution in [2.75, 3.05) is 6.61 Å². The van der Waals surface area contributed by atoms with E-state index in [0.29, 0.717) is 6.42 Å². The van der Waals surface area contributed by atoms with Crippen LogP contribution in [-0.2, 0) is 30.9 Å². The first kappa shape index (κ1) is 26.7. The molecule has 1 fully saturated rings. The highest BCUT2D eigenvalue weighted by molar-refractivity contribution is 7.60. The van der Waals surface area contributed by atoms with Crippen molar-refractivity contribution in [3.63, 3.8) is 0 Å². The Balaban J connectivity index is 1.76. The van der Waals surface area contributed by atoms with Gasteiger partial charge < -0.3 is 24.4 Å². The standard InChI is InChI=1S/C19H28N4O9P2/c1-12-4-3-5-14(10-12)6-8-22-16(24)7-9-23(19(22)20)18-17(25)13(2)15(21-18)11-31-34(29,30)32-33(26,27)28/h3-5,7,9-10,13,15,17-18,20-21,25H,6,8,11H2,1-2H3,(H,29,30)(H2,26,27,28)/t13-,15+,17-,18-/m0/s1. The van der Waals surface area contributed by atoms with Gasteiger partial charge >= 0.3 is 15.6 Å². The molecule has 5 atom stereocenters. The summed E-state index contributed by atoms with van der Waals surface area (Å²) in [4.78, 5) is 39.3. The lowest BCUT2D eigenvalue weighted by molar-refractivity contribution is 0.0885.